The number of benzene rings is 2. The zero-order valence-corrected chi connectivity index (χ0v) is 26.5. The van der Waals surface area contributed by atoms with E-state index >= 15 is 0 Å². The van der Waals surface area contributed by atoms with Crippen molar-refractivity contribution >= 4 is 23.3 Å². The van der Waals surface area contributed by atoms with Crippen LogP contribution in [0.15, 0.2) is 42.6 Å². The second kappa shape index (κ2) is 13.9. The van der Waals surface area contributed by atoms with E-state index in [2.05, 4.69) is 20.6 Å². The summed E-state index contributed by atoms with van der Waals surface area (Å²) in [5, 5.41) is 6.29. The first-order valence-electron chi connectivity index (χ1n) is 15.8. The smallest absolute Gasteiger partial charge is 0.416 e. The van der Waals surface area contributed by atoms with E-state index in [0.717, 1.165) is 12.1 Å². The van der Waals surface area contributed by atoms with Crippen LogP contribution in [0.25, 0.3) is 0 Å². The van der Waals surface area contributed by atoms with E-state index in [1.807, 2.05) is 6.92 Å². The Morgan fingerprint density at radius 1 is 0.918 bits per heavy atom. The van der Waals surface area contributed by atoms with Crippen LogP contribution in [-0.4, -0.2) is 41.7 Å². The number of fused-ring (bicyclic) bond motifs is 1. The molecule has 0 radical (unpaired) electrons. The minimum atomic E-state index is -5.06. The van der Waals surface area contributed by atoms with Crippen LogP contribution in [0.5, 0.6) is 0 Å². The molecule has 16 heteroatoms. The number of carbonyl (C=O) groups is 1. The third kappa shape index (κ3) is 8.50. The van der Waals surface area contributed by atoms with Crippen molar-refractivity contribution in [3.8, 4) is 0 Å². The molecule has 2 N–H and O–H groups in total. The maximum Gasteiger partial charge on any atom is 0.416 e. The zero-order chi connectivity index (χ0) is 35.7. The van der Waals surface area contributed by atoms with Gasteiger partial charge in [0, 0.05) is 31.2 Å². The zero-order valence-electron chi connectivity index (χ0n) is 26.5. The Labute approximate surface area is 276 Å². The minimum Gasteiger partial charge on any atom is -0.466 e. The summed E-state index contributed by atoms with van der Waals surface area (Å²) in [7, 11) is 0. The number of esters is 1. The summed E-state index contributed by atoms with van der Waals surface area (Å²) >= 11 is 0. The first-order chi connectivity index (χ1) is 23.0. The fraction of sp³-hybridized carbons (Fsp3) is 0.485. The highest BCUT2D eigenvalue weighted by molar-refractivity contribution is 5.73. The molecule has 1 fully saturated rings. The predicted octanol–water partition coefficient (Wildman–Crippen LogP) is 8.65. The lowest BCUT2D eigenvalue weighted by Gasteiger charge is -2.35. The molecule has 2 aliphatic heterocycles. The lowest BCUT2D eigenvalue weighted by molar-refractivity contribution is -0.148. The number of hydrogen-bond donors (Lipinski definition) is 2. The van der Waals surface area contributed by atoms with Crippen molar-refractivity contribution in [2.24, 2.45) is 5.92 Å². The molecule has 0 unspecified atom stereocenters. The van der Waals surface area contributed by atoms with E-state index in [1.54, 1.807) is 11.8 Å². The molecular formula is C33H34F9N5O2. The number of nitrogens with zero attached hydrogens (tertiary/aromatic N) is 3. The third-order valence-electron chi connectivity index (χ3n) is 8.75. The molecule has 266 valence electrons. The third-order valence-corrected chi connectivity index (χ3v) is 8.75. The molecule has 1 aromatic heterocycles. The molecule has 2 aromatic carbocycles. The summed E-state index contributed by atoms with van der Waals surface area (Å²) in [4.78, 5) is 23.0. The number of aromatic nitrogens is 2. The minimum absolute atomic E-state index is 0.0471. The molecule has 0 saturated carbocycles. The number of anilines is 3. The number of nitrogens with one attached hydrogen (secondary N) is 2. The van der Waals surface area contributed by atoms with Gasteiger partial charge in [-0.15, -0.1) is 0 Å². The summed E-state index contributed by atoms with van der Waals surface area (Å²) in [5.41, 5.74) is -2.88. The monoisotopic (exact) mass is 703 g/mol. The summed E-state index contributed by atoms with van der Waals surface area (Å²) in [5.74, 6) is -0.802. The number of piperidine rings is 1. The van der Waals surface area contributed by atoms with Gasteiger partial charge in [-0.3, -0.25) is 4.79 Å². The van der Waals surface area contributed by atoms with E-state index in [4.69, 9.17) is 4.74 Å². The highest BCUT2D eigenvalue weighted by Gasteiger charge is 2.38. The van der Waals surface area contributed by atoms with Gasteiger partial charge in [0.2, 0.25) is 5.95 Å². The van der Waals surface area contributed by atoms with Crippen molar-refractivity contribution in [1.29, 1.82) is 0 Å². The van der Waals surface area contributed by atoms with Gasteiger partial charge in [0.15, 0.2) is 0 Å². The van der Waals surface area contributed by atoms with Crippen molar-refractivity contribution in [3.05, 3.63) is 76.1 Å². The van der Waals surface area contributed by atoms with Crippen molar-refractivity contribution < 1.29 is 49.0 Å². The van der Waals surface area contributed by atoms with Gasteiger partial charge in [-0.1, -0.05) is 6.92 Å². The number of hydrogen-bond acceptors (Lipinski definition) is 7. The van der Waals surface area contributed by atoms with Gasteiger partial charge < -0.3 is 20.3 Å². The quantitative estimate of drug-likeness (QED) is 0.180. The fourth-order valence-corrected chi connectivity index (χ4v) is 6.22. The van der Waals surface area contributed by atoms with Gasteiger partial charge in [0.1, 0.15) is 0 Å². The van der Waals surface area contributed by atoms with E-state index in [1.165, 1.54) is 12.3 Å². The summed E-state index contributed by atoms with van der Waals surface area (Å²) in [6.07, 6.45) is -12.0. The Kier molecular flexibility index (Phi) is 10.3. The van der Waals surface area contributed by atoms with E-state index in [9.17, 15) is 44.3 Å². The van der Waals surface area contributed by atoms with Gasteiger partial charge >= 0.3 is 24.5 Å². The summed E-state index contributed by atoms with van der Waals surface area (Å²) in [6.45, 7) is 4.42. The van der Waals surface area contributed by atoms with Crippen molar-refractivity contribution in [2.75, 3.05) is 35.2 Å². The van der Waals surface area contributed by atoms with Crippen LogP contribution in [-0.2, 0) is 34.5 Å². The van der Waals surface area contributed by atoms with Gasteiger partial charge in [-0.25, -0.2) is 9.97 Å². The summed E-state index contributed by atoms with van der Waals surface area (Å²) in [6, 6.07) is 3.83. The predicted molar refractivity (Wildman–Crippen MR) is 163 cm³/mol. The number of rotatable bonds is 8. The Balaban J connectivity index is 1.53. The molecule has 0 bridgehead atoms. The van der Waals surface area contributed by atoms with Crippen molar-refractivity contribution in [3.63, 3.8) is 0 Å². The van der Waals surface area contributed by atoms with Gasteiger partial charge in [0.25, 0.3) is 0 Å². The lowest BCUT2D eigenvalue weighted by Crippen LogP contribution is -2.37. The largest absolute Gasteiger partial charge is 0.466 e. The molecule has 5 rings (SSSR count). The highest BCUT2D eigenvalue weighted by Crippen LogP contribution is 2.41. The van der Waals surface area contributed by atoms with Crippen LogP contribution in [0.2, 0.25) is 0 Å². The number of alkyl halides is 9. The summed E-state index contributed by atoms with van der Waals surface area (Å²) < 4.78 is 128. The average molecular weight is 704 g/mol. The molecule has 7 nitrogen and oxygen atoms in total. The maximum atomic E-state index is 13.7. The Morgan fingerprint density at radius 3 is 2.12 bits per heavy atom. The number of carbonyl (C=O) groups excluding carboxylic acids is 1. The van der Waals surface area contributed by atoms with Crippen LogP contribution >= 0.6 is 0 Å². The molecular weight excluding hydrogens is 669 g/mol. The normalized spacial score (nSPS) is 18.9. The molecule has 2 aliphatic rings. The van der Waals surface area contributed by atoms with Crippen LogP contribution in [0.1, 0.15) is 79.1 Å². The first-order valence-corrected chi connectivity index (χ1v) is 15.8. The molecule has 3 aromatic rings. The van der Waals surface area contributed by atoms with Crippen LogP contribution in [0.4, 0.5) is 56.8 Å². The Hall–Kier alpha value is -4.24. The second-order valence-electron chi connectivity index (χ2n) is 12.1. The number of halogens is 9. The topological polar surface area (TPSA) is 79.4 Å². The van der Waals surface area contributed by atoms with Crippen molar-refractivity contribution in [2.45, 2.75) is 76.6 Å². The average Bonchev–Trinajstić information content (AvgIpc) is 3.03. The molecule has 1 saturated heterocycles. The Morgan fingerprint density at radius 2 is 1.55 bits per heavy atom. The maximum absolute atomic E-state index is 13.7. The van der Waals surface area contributed by atoms with E-state index in [-0.39, 0.29) is 47.8 Å². The number of ether oxygens (including phenoxy) is 1. The standard InChI is InChI=1S/C33H34F9N5O2/c1-3-23-16-26(24-15-20(31(34,35)36)5-6-25(24)44-23)45-30-43-17-28(47-9-7-19(8-10-47)29(48)49-4-2)27(46-30)13-18-11-21(32(37,38)39)14-22(12-18)33(40,41)42/h5-6,11-12,14-15,17,19,23,26,44H,3-4,7-10,13,16H2,1-2H3,(H,43,45,46)/t23-,26+/m1/s1. The van der Waals surface area contributed by atoms with Gasteiger partial charge in [0.05, 0.1) is 52.8 Å². The highest BCUT2D eigenvalue weighted by atomic mass is 19.4. The molecule has 49 heavy (non-hydrogen) atoms. The van der Waals surface area contributed by atoms with Gasteiger partial charge in [-0.05, 0) is 80.1 Å². The molecule has 0 amide bonds. The molecule has 2 atom stereocenters. The van der Waals surface area contributed by atoms with Crippen LogP contribution < -0.4 is 15.5 Å². The van der Waals surface area contributed by atoms with E-state index in [0.29, 0.717) is 67.8 Å². The second-order valence-corrected chi connectivity index (χ2v) is 12.1. The van der Waals surface area contributed by atoms with Crippen LogP contribution in [0.3, 0.4) is 0 Å². The lowest BCUT2D eigenvalue weighted by atomic mass is 9.90. The Bertz CT molecular complexity index is 1620. The van der Waals surface area contributed by atoms with Crippen molar-refractivity contribution in [1.82, 2.24) is 9.97 Å². The van der Waals surface area contributed by atoms with E-state index < -0.39 is 47.7 Å². The van der Waals surface area contributed by atoms with Gasteiger partial charge in [-0.2, -0.15) is 39.5 Å². The fourth-order valence-electron chi connectivity index (χ4n) is 6.22. The SMILES string of the molecule is CCOC(=O)C1CCN(c2cnc(N[C@H]3C[C@@H](CC)Nc4ccc(C(F)(F)F)cc43)nc2Cc2cc(C(F)(F)F)cc(C(F)(F)F)c2)CC1. The molecule has 3 heterocycles. The first kappa shape index (κ1) is 36.1. The molecule has 0 spiro atoms. The van der Waals surface area contributed by atoms with Crippen LogP contribution in [0, 0.1) is 5.92 Å². The molecule has 0 aliphatic carbocycles.